The Kier molecular flexibility index (Phi) is 5.84. The van der Waals surface area contributed by atoms with Crippen molar-refractivity contribution < 1.29 is 22.7 Å². The molecule has 29 heavy (non-hydrogen) atoms. The van der Waals surface area contributed by atoms with E-state index in [1.807, 2.05) is 19.9 Å². The Morgan fingerprint density at radius 2 is 2.00 bits per heavy atom. The number of rotatable bonds is 6. The summed E-state index contributed by atoms with van der Waals surface area (Å²) in [4.78, 5) is 18.7. The fourth-order valence-corrected chi connectivity index (χ4v) is 3.72. The van der Waals surface area contributed by atoms with Crippen molar-refractivity contribution in [1.82, 2.24) is 15.2 Å². The van der Waals surface area contributed by atoms with E-state index >= 15 is 0 Å². The number of pyridine rings is 1. The second kappa shape index (κ2) is 8.02. The number of benzene rings is 1. The van der Waals surface area contributed by atoms with E-state index in [1.165, 1.54) is 18.2 Å². The lowest BCUT2D eigenvalue weighted by Gasteiger charge is -2.30. The number of likely N-dealkylation sites (N-methyl/N-ethyl adjacent to an activating group) is 1. The molecule has 2 atom stereocenters. The molecule has 0 spiro atoms. The highest BCUT2D eigenvalue weighted by atomic mass is 19.4. The van der Waals surface area contributed by atoms with Gasteiger partial charge in [0.1, 0.15) is 5.75 Å². The number of nitrogens with zero attached hydrogens (tertiary/aromatic N) is 2. The third-order valence-corrected chi connectivity index (χ3v) is 5.35. The summed E-state index contributed by atoms with van der Waals surface area (Å²) in [6, 6.07) is 9.16. The van der Waals surface area contributed by atoms with E-state index in [1.54, 1.807) is 30.3 Å². The fourth-order valence-electron chi connectivity index (χ4n) is 3.72. The van der Waals surface area contributed by atoms with E-state index in [4.69, 9.17) is 0 Å². The smallest absolute Gasteiger partial charge is 0.406 e. The summed E-state index contributed by atoms with van der Waals surface area (Å²) in [6.45, 7) is 4.61. The van der Waals surface area contributed by atoms with Gasteiger partial charge in [-0.05, 0) is 55.2 Å². The van der Waals surface area contributed by atoms with Crippen LogP contribution >= 0.6 is 0 Å². The van der Waals surface area contributed by atoms with Crippen LogP contribution in [-0.4, -0.2) is 41.3 Å². The molecule has 1 saturated heterocycles. The first-order chi connectivity index (χ1) is 13.6. The number of halogens is 3. The number of hydrogen-bond donors (Lipinski definition) is 1. The molecule has 1 N–H and O–H groups in total. The van der Waals surface area contributed by atoms with Crippen LogP contribution in [0.15, 0.2) is 42.6 Å². The van der Waals surface area contributed by atoms with Crippen LogP contribution in [0.5, 0.6) is 5.75 Å². The van der Waals surface area contributed by atoms with Gasteiger partial charge in [0.05, 0.1) is 11.2 Å². The molecule has 3 rings (SSSR count). The molecule has 5 nitrogen and oxygen atoms in total. The van der Waals surface area contributed by atoms with Crippen LogP contribution in [0, 0.1) is 0 Å². The highest BCUT2D eigenvalue weighted by molar-refractivity contribution is 5.88. The molecular weight excluding hydrogens is 383 g/mol. The van der Waals surface area contributed by atoms with E-state index in [9.17, 15) is 18.0 Å². The third-order valence-electron chi connectivity index (χ3n) is 5.35. The third kappa shape index (κ3) is 4.70. The van der Waals surface area contributed by atoms with Gasteiger partial charge in [-0.25, -0.2) is 0 Å². The minimum Gasteiger partial charge on any atom is -0.406 e. The molecule has 1 aromatic carbocycles. The van der Waals surface area contributed by atoms with Gasteiger partial charge < -0.3 is 9.64 Å². The van der Waals surface area contributed by atoms with Gasteiger partial charge in [0, 0.05) is 25.8 Å². The van der Waals surface area contributed by atoms with Crippen LogP contribution in [0.4, 0.5) is 13.2 Å². The molecule has 1 aliphatic rings. The Morgan fingerprint density at radius 1 is 1.28 bits per heavy atom. The maximum absolute atomic E-state index is 12.6. The predicted octanol–water partition coefficient (Wildman–Crippen LogP) is 4.31. The monoisotopic (exact) mass is 407 g/mol. The lowest BCUT2D eigenvalue weighted by molar-refractivity contribution is -0.274. The van der Waals surface area contributed by atoms with Crippen molar-refractivity contribution in [2.75, 3.05) is 13.6 Å². The largest absolute Gasteiger partial charge is 0.573 e. The molecule has 1 amide bonds. The lowest BCUT2D eigenvalue weighted by Crippen LogP contribution is -2.51. The minimum absolute atomic E-state index is 0.0694. The second-order valence-electron chi connectivity index (χ2n) is 7.32. The molecule has 1 fully saturated rings. The Bertz CT molecular complexity index is 887. The fraction of sp³-hybridized carbons (Fsp3) is 0.429. The minimum atomic E-state index is -4.74. The highest BCUT2D eigenvalue weighted by Gasteiger charge is 2.44. The zero-order valence-electron chi connectivity index (χ0n) is 16.6. The second-order valence-corrected chi connectivity index (χ2v) is 7.32. The Morgan fingerprint density at radius 3 is 2.62 bits per heavy atom. The van der Waals surface area contributed by atoms with Gasteiger partial charge in [0.25, 0.3) is 0 Å². The van der Waals surface area contributed by atoms with Gasteiger partial charge in [-0.1, -0.05) is 19.1 Å². The summed E-state index contributed by atoms with van der Waals surface area (Å²) in [5, 5.41) is 3.43. The Hall–Kier alpha value is -2.61. The van der Waals surface area contributed by atoms with Crippen molar-refractivity contribution in [1.29, 1.82) is 0 Å². The number of nitrogens with one attached hydrogen (secondary N) is 1. The van der Waals surface area contributed by atoms with Crippen molar-refractivity contribution >= 4 is 5.91 Å². The molecule has 0 radical (unpaired) electrons. The number of carbonyl (C=O) groups is 1. The maximum Gasteiger partial charge on any atom is 0.573 e. The average molecular weight is 407 g/mol. The molecule has 0 bridgehead atoms. The molecule has 2 heterocycles. The average Bonchev–Trinajstić information content (AvgIpc) is 2.96. The van der Waals surface area contributed by atoms with Gasteiger partial charge in [-0.15, -0.1) is 13.2 Å². The van der Waals surface area contributed by atoms with Crippen LogP contribution < -0.4 is 10.1 Å². The molecule has 8 heteroatoms. The predicted molar refractivity (Wildman–Crippen MR) is 103 cm³/mol. The molecule has 1 aliphatic heterocycles. The highest BCUT2D eigenvalue weighted by Crippen LogP contribution is 2.31. The SMILES string of the molecule is CCC1(NC(C)c2cc(-c3cccc(OC(F)(F)F)c3)ccn2)CCN(C)C1=O. The number of alkyl halides is 3. The number of hydrogen-bond acceptors (Lipinski definition) is 4. The van der Waals surface area contributed by atoms with Crippen molar-refractivity contribution in [2.45, 2.75) is 44.6 Å². The number of likely N-dealkylation sites (tertiary alicyclic amines) is 1. The Balaban J connectivity index is 1.83. The number of aromatic nitrogens is 1. The molecule has 0 saturated carbocycles. The van der Waals surface area contributed by atoms with E-state index < -0.39 is 11.9 Å². The molecule has 156 valence electrons. The van der Waals surface area contributed by atoms with Crippen molar-refractivity contribution in [2.24, 2.45) is 0 Å². The first kappa shape index (κ1) is 21.1. The molecule has 0 aliphatic carbocycles. The quantitative estimate of drug-likeness (QED) is 0.775. The van der Waals surface area contributed by atoms with Crippen LogP contribution in [0.1, 0.15) is 38.4 Å². The van der Waals surface area contributed by atoms with Crippen LogP contribution in [0.3, 0.4) is 0 Å². The summed E-state index contributed by atoms with van der Waals surface area (Å²) in [7, 11) is 1.79. The van der Waals surface area contributed by atoms with Crippen molar-refractivity contribution in [3.05, 3.63) is 48.3 Å². The maximum atomic E-state index is 12.6. The summed E-state index contributed by atoms with van der Waals surface area (Å²) >= 11 is 0. The zero-order valence-corrected chi connectivity index (χ0v) is 16.6. The number of ether oxygens (including phenoxy) is 1. The standard InChI is InChI=1S/C21H24F3N3O2/c1-4-20(9-11-27(3)19(20)28)26-14(2)18-13-16(8-10-25-18)15-6-5-7-17(12-15)29-21(22,23)24/h5-8,10,12-14,26H,4,9,11H2,1-3H3. The van der Waals surface area contributed by atoms with E-state index in [0.717, 1.165) is 12.0 Å². The van der Waals surface area contributed by atoms with Gasteiger partial charge in [0.15, 0.2) is 0 Å². The summed E-state index contributed by atoms with van der Waals surface area (Å²) in [5.41, 5.74) is 1.40. The normalized spacial score (nSPS) is 20.8. The topological polar surface area (TPSA) is 54.5 Å². The van der Waals surface area contributed by atoms with Gasteiger partial charge >= 0.3 is 6.36 Å². The molecule has 2 aromatic rings. The van der Waals surface area contributed by atoms with Crippen molar-refractivity contribution in [3.63, 3.8) is 0 Å². The zero-order chi connectivity index (χ0) is 21.2. The summed E-state index contributed by atoms with van der Waals surface area (Å²) in [6.07, 6.45) is -1.74. The van der Waals surface area contributed by atoms with Crippen LogP contribution in [-0.2, 0) is 4.79 Å². The lowest BCUT2D eigenvalue weighted by atomic mass is 9.92. The van der Waals surface area contributed by atoms with Crippen molar-refractivity contribution in [3.8, 4) is 16.9 Å². The van der Waals surface area contributed by atoms with E-state index in [0.29, 0.717) is 24.2 Å². The van der Waals surface area contributed by atoms with Gasteiger partial charge in [0.2, 0.25) is 5.91 Å². The van der Waals surface area contributed by atoms with Crippen LogP contribution in [0.2, 0.25) is 0 Å². The first-order valence-corrected chi connectivity index (χ1v) is 9.49. The number of amides is 1. The van der Waals surface area contributed by atoms with Gasteiger partial charge in [-0.3, -0.25) is 15.1 Å². The van der Waals surface area contributed by atoms with E-state index in [-0.39, 0.29) is 17.7 Å². The van der Waals surface area contributed by atoms with Gasteiger partial charge in [-0.2, -0.15) is 0 Å². The Labute approximate surface area is 167 Å². The molecular formula is C21H24F3N3O2. The van der Waals surface area contributed by atoms with Crippen LogP contribution in [0.25, 0.3) is 11.1 Å². The van der Waals surface area contributed by atoms with E-state index in [2.05, 4.69) is 15.0 Å². The molecule has 2 unspecified atom stereocenters. The first-order valence-electron chi connectivity index (χ1n) is 9.49. The number of carbonyl (C=O) groups excluding carboxylic acids is 1. The summed E-state index contributed by atoms with van der Waals surface area (Å²) < 4.78 is 41.5. The molecule has 1 aromatic heterocycles. The summed E-state index contributed by atoms with van der Waals surface area (Å²) in [5.74, 6) is -0.205.